The van der Waals surface area contributed by atoms with Gasteiger partial charge in [-0.3, -0.25) is 9.79 Å². The molecule has 1 heterocycles. The molecule has 86 valence electrons. The van der Waals surface area contributed by atoms with Crippen LogP contribution in [0.15, 0.2) is 4.99 Å². The second-order valence-corrected chi connectivity index (χ2v) is 4.45. The SMILES string of the molecule is CC(CCCCC1=NCCCC1)C(N)=O. The summed E-state index contributed by atoms with van der Waals surface area (Å²) in [6.45, 7) is 2.92. The van der Waals surface area contributed by atoms with E-state index >= 15 is 0 Å². The van der Waals surface area contributed by atoms with Gasteiger partial charge in [-0.1, -0.05) is 13.3 Å². The van der Waals surface area contributed by atoms with Crippen LogP contribution < -0.4 is 5.73 Å². The first-order chi connectivity index (χ1) is 7.20. The molecule has 2 N–H and O–H groups in total. The van der Waals surface area contributed by atoms with E-state index in [9.17, 15) is 4.79 Å². The van der Waals surface area contributed by atoms with E-state index in [1.165, 1.54) is 25.0 Å². The van der Waals surface area contributed by atoms with Crippen LogP contribution in [0.1, 0.15) is 51.9 Å². The van der Waals surface area contributed by atoms with Gasteiger partial charge in [0, 0.05) is 18.2 Å². The van der Waals surface area contributed by atoms with Crippen LogP contribution in [0.2, 0.25) is 0 Å². The summed E-state index contributed by atoms with van der Waals surface area (Å²) in [6, 6.07) is 0. The van der Waals surface area contributed by atoms with Gasteiger partial charge in [0.2, 0.25) is 5.91 Å². The van der Waals surface area contributed by atoms with E-state index in [1.54, 1.807) is 0 Å². The summed E-state index contributed by atoms with van der Waals surface area (Å²) in [5, 5.41) is 0. The predicted molar refractivity (Wildman–Crippen MR) is 63.0 cm³/mol. The molecular weight excluding hydrogens is 188 g/mol. The molecule has 15 heavy (non-hydrogen) atoms. The quantitative estimate of drug-likeness (QED) is 0.672. The molecule has 0 bridgehead atoms. The van der Waals surface area contributed by atoms with Crippen LogP contribution >= 0.6 is 0 Å². The lowest BCUT2D eigenvalue weighted by Gasteiger charge is -2.12. The normalized spacial score (nSPS) is 18.3. The molecule has 1 unspecified atom stereocenters. The van der Waals surface area contributed by atoms with Gasteiger partial charge < -0.3 is 5.73 Å². The zero-order valence-corrected chi connectivity index (χ0v) is 9.67. The van der Waals surface area contributed by atoms with Crippen LogP contribution in [-0.4, -0.2) is 18.2 Å². The zero-order valence-electron chi connectivity index (χ0n) is 9.67. The fourth-order valence-electron chi connectivity index (χ4n) is 1.88. The lowest BCUT2D eigenvalue weighted by atomic mass is 9.99. The van der Waals surface area contributed by atoms with Crippen LogP contribution in [0.25, 0.3) is 0 Å². The number of primary amides is 1. The summed E-state index contributed by atoms with van der Waals surface area (Å²) >= 11 is 0. The Bertz CT molecular complexity index is 236. The second kappa shape index (κ2) is 6.59. The lowest BCUT2D eigenvalue weighted by Crippen LogP contribution is -2.20. The summed E-state index contributed by atoms with van der Waals surface area (Å²) in [6.07, 6.45) is 8.01. The maximum atomic E-state index is 10.8. The lowest BCUT2D eigenvalue weighted by molar-refractivity contribution is -0.121. The Morgan fingerprint density at radius 3 is 2.87 bits per heavy atom. The number of unbranched alkanes of at least 4 members (excludes halogenated alkanes) is 1. The monoisotopic (exact) mass is 210 g/mol. The maximum Gasteiger partial charge on any atom is 0.220 e. The van der Waals surface area contributed by atoms with Crippen LogP contribution in [0, 0.1) is 5.92 Å². The number of carbonyl (C=O) groups excluding carboxylic acids is 1. The number of rotatable bonds is 6. The Morgan fingerprint density at radius 2 is 2.27 bits per heavy atom. The van der Waals surface area contributed by atoms with Crippen LogP contribution in [0.4, 0.5) is 0 Å². The van der Waals surface area contributed by atoms with Crippen molar-refractivity contribution in [2.24, 2.45) is 16.6 Å². The summed E-state index contributed by atoms with van der Waals surface area (Å²) in [5.74, 6) is -0.150. The third-order valence-electron chi connectivity index (χ3n) is 3.05. The summed E-state index contributed by atoms with van der Waals surface area (Å²) in [5.41, 5.74) is 6.58. The molecule has 0 radical (unpaired) electrons. The molecule has 1 atom stereocenters. The smallest absolute Gasteiger partial charge is 0.220 e. The molecule has 0 aromatic carbocycles. The molecule has 0 spiro atoms. The largest absolute Gasteiger partial charge is 0.369 e. The number of amides is 1. The minimum atomic E-state index is -0.176. The first-order valence-corrected chi connectivity index (χ1v) is 6.01. The second-order valence-electron chi connectivity index (χ2n) is 4.45. The Morgan fingerprint density at radius 1 is 1.47 bits per heavy atom. The van der Waals surface area contributed by atoms with Gasteiger partial charge in [0.25, 0.3) is 0 Å². The van der Waals surface area contributed by atoms with Crippen LogP contribution in [0.5, 0.6) is 0 Å². The number of hydrogen-bond acceptors (Lipinski definition) is 2. The van der Waals surface area contributed by atoms with Gasteiger partial charge in [0.1, 0.15) is 0 Å². The zero-order chi connectivity index (χ0) is 11.1. The maximum absolute atomic E-state index is 10.8. The minimum absolute atomic E-state index is 0.0262. The first-order valence-electron chi connectivity index (χ1n) is 6.01. The average Bonchev–Trinajstić information content (AvgIpc) is 2.25. The minimum Gasteiger partial charge on any atom is -0.369 e. The van der Waals surface area contributed by atoms with Crippen molar-refractivity contribution in [2.75, 3.05) is 6.54 Å². The van der Waals surface area contributed by atoms with E-state index in [-0.39, 0.29) is 11.8 Å². The highest BCUT2D eigenvalue weighted by atomic mass is 16.1. The van der Waals surface area contributed by atoms with Gasteiger partial charge in [-0.2, -0.15) is 0 Å². The third kappa shape index (κ3) is 4.96. The molecular formula is C12H22N2O. The van der Waals surface area contributed by atoms with Crippen molar-refractivity contribution in [1.29, 1.82) is 0 Å². The molecule has 3 nitrogen and oxygen atoms in total. The van der Waals surface area contributed by atoms with E-state index in [0.29, 0.717) is 0 Å². The van der Waals surface area contributed by atoms with E-state index in [2.05, 4.69) is 4.99 Å². The Balaban J connectivity index is 2.06. The molecule has 1 amide bonds. The Kier molecular flexibility index (Phi) is 5.37. The molecule has 1 rings (SSSR count). The Hall–Kier alpha value is -0.860. The fraction of sp³-hybridized carbons (Fsp3) is 0.833. The number of nitrogens with zero attached hydrogens (tertiary/aromatic N) is 1. The van der Waals surface area contributed by atoms with E-state index in [4.69, 9.17) is 5.73 Å². The van der Waals surface area contributed by atoms with Crippen molar-refractivity contribution in [3.63, 3.8) is 0 Å². The molecule has 0 saturated carbocycles. The van der Waals surface area contributed by atoms with E-state index < -0.39 is 0 Å². The summed E-state index contributed by atoms with van der Waals surface area (Å²) < 4.78 is 0. The number of carbonyl (C=O) groups is 1. The van der Waals surface area contributed by atoms with Crippen molar-refractivity contribution >= 4 is 11.6 Å². The van der Waals surface area contributed by atoms with Gasteiger partial charge in [0.05, 0.1) is 0 Å². The van der Waals surface area contributed by atoms with Gasteiger partial charge in [-0.05, 0) is 38.5 Å². The molecule has 1 aliphatic rings. The van der Waals surface area contributed by atoms with Gasteiger partial charge >= 0.3 is 0 Å². The van der Waals surface area contributed by atoms with Crippen molar-refractivity contribution in [3.8, 4) is 0 Å². The van der Waals surface area contributed by atoms with Crippen molar-refractivity contribution < 1.29 is 4.79 Å². The van der Waals surface area contributed by atoms with E-state index in [1.807, 2.05) is 6.92 Å². The molecule has 0 saturated heterocycles. The summed E-state index contributed by atoms with van der Waals surface area (Å²) in [4.78, 5) is 15.3. The number of aliphatic imine (C=N–C) groups is 1. The fourth-order valence-corrected chi connectivity index (χ4v) is 1.88. The molecule has 0 aliphatic carbocycles. The van der Waals surface area contributed by atoms with E-state index in [0.717, 1.165) is 32.2 Å². The van der Waals surface area contributed by atoms with Gasteiger partial charge in [-0.25, -0.2) is 0 Å². The molecule has 0 aromatic rings. The summed E-state index contributed by atoms with van der Waals surface area (Å²) in [7, 11) is 0. The van der Waals surface area contributed by atoms with Crippen molar-refractivity contribution in [3.05, 3.63) is 0 Å². The van der Waals surface area contributed by atoms with Crippen molar-refractivity contribution in [2.45, 2.75) is 51.9 Å². The average molecular weight is 210 g/mol. The molecule has 3 heteroatoms. The molecule has 1 aliphatic heterocycles. The highest BCUT2D eigenvalue weighted by molar-refractivity contribution is 5.84. The predicted octanol–water partition coefficient (Wildman–Crippen LogP) is 2.29. The highest BCUT2D eigenvalue weighted by Gasteiger charge is 2.09. The topological polar surface area (TPSA) is 55.4 Å². The van der Waals surface area contributed by atoms with Crippen LogP contribution in [-0.2, 0) is 4.79 Å². The Labute approximate surface area is 92.1 Å². The third-order valence-corrected chi connectivity index (χ3v) is 3.05. The number of nitrogens with two attached hydrogens (primary N) is 1. The highest BCUT2D eigenvalue weighted by Crippen LogP contribution is 2.13. The number of hydrogen-bond donors (Lipinski definition) is 1. The molecule has 0 fully saturated rings. The standard InChI is InChI=1S/C12H22N2O/c1-10(12(13)15)6-2-3-7-11-8-4-5-9-14-11/h10H,2-9H2,1H3,(H2,13,15). The van der Waals surface area contributed by atoms with Gasteiger partial charge in [0.15, 0.2) is 0 Å². The first kappa shape index (κ1) is 12.2. The molecule has 0 aromatic heterocycles. The van der Waals surface area contributed by atoms with Crippen LogP contribution in [0.3, 0.4) is 0 Å². The van der Waals surface area contributed by atoms with Gasteiger partial charge in [-0.15, -0.1) is 0 Å². The van der Waals surface area contributed by atoms with Crippen molar-refractivity contribution in [1.82, 2.24) is 0 Å².